The number of benzene rings is 1. The van der Waals surface area contributed by atoms with Crippen molar-refractivity contribution in [3.8, 4) is 0 Å². The van der Waals surface area contributed by atoms with Gasteiger partial charge in [0.1, 0.15) is 12.3 Å². The van der Waals surface area contributed by atoms with E-state index in [2.05, 4.69) is 30.4 Å². The SMILES string of the molecule is Cc1ccc(/[C]=N/OC2CCCCC2)cc1. The maximum atomic E-state index is 5.43. The molecule has 0 saturated heterocycles. The zero-order chi connectivity index (χ0) is 11.2. The van der Waals surface area contributed by atoms with E-state index >= 15 is 0 Å². The van der Waals surface area contributed by atoms with Gasteiger partial charge in [0.15, 0.2) is 0 Å². The molecule has 1 aromatic rings. The van der Waals surface area contributed by atoms with Crippen LogP contribution < -0.4 is 0 Å². The van der Waals surface area contributed by atoms with Crippen LogP contribution >= 0.6 is 0 Å². The Morgan fingerprint density at radius 3 is 2.50 bits per heavy atom. The zero-order valence-corrected chi connectivity index (χ0v) is 9.78. The van der Waals surface area contributed by atoms with Gasteiger partial charge in [-0.1, -0.05) is 41.4 Å². The predicted molar refractivity (Wildman–Crippen MR) is 65.7 cm³/mol. The molecule has 1 saturated carbocycles. The molecule has 1 aliphatic carbocycles. The van der Waals surface area contributed by atoms with E-state index in [1.807, 2.05) is 12.1 Å². The van der Waals surface area contributed by atoms with Crippen LogP contribution in [0.5, 0.6) is 0 Å². The first-order valence-electron chi connectivity index (χ1n) is 6.03. The molecule has 0 atom stereocenters. The minimum absolute atomic E-state index is 0.312. The van der Waals surface area contributed by atoms with Crippen LogP contribution in [0.1, 0.15) is 43.2 Å². The van der Waals surface area contributed by atoms with Crippen LogP contribution in [-0.2, 0) is 4.84 Å². The van der Waals surface area contributed by atoms with E-state index in [1.54, 1.807) is 0 Å². The molecule has 16 heavy (non-hydrogen) atoms. The maximum Gasteiger partial charge on any atom is 0.139 e. The van der Waals surface area contributed by atoms with E-state index in [1.165, 1.54) is 24.8 Å². The Labute approximate surface area is 97.3 Å². The molecule has 0 aromatic heterocycles. The van der Waals surface area contributed by atoms with Crippen molar-refractivity contribution in [1.29, 1.82) is 0 Å². The van der Waals surface area contributed by atoms with Gasteiger partial charge in [0.05, 0.1) is 0 Å². The summed E-state index contributed by atoms with van der Waals surface area (Å²) in [6, 6.07) is 8.11. The van der Waals surface area contributed by atoms with Crippen LogP contribution in [0.15, 0.2) is 29.4 Å². The molecule has 85 valence electrons. The Hall–Kier alpha value is -1.31. The predicted octanol–water partition coefficient (Wildman–Crippen LogP) is 3.56. The molecule has 0 spiro atoms. The van der Waals surface area contributed by atoms with E-state index in [9.17, 15) is 0 Å². The molecule has 0 aliphatic heterocycles. The molecule has 1 aliphatic rings. The highest BCUT2D eigenvalue weighted by Crippen LogP contribution is 2.20. The molecule has 1 aromatic carbocycles. The fourth-order valence-electron chi connectivity index (χ4n) is 1.95. The Bertz CT molecular complexity index is 336. The molecule has 0 amide bonds. The Morgan fingerprint density at radius 2 is 1.81 bits per heavy atom. The summed E-state index contributed by atoms with van der Waals surface area (Å²) in [5.41, 5.74) is 2.22. The van der Waals surface area contributed by atoms with Gasteiger partial charge in [-0.2, -0.15) is 0 Å². The summed E-state index contributed by atoms with van der Waals surface area (Å²) in [6.07, 6.45) is 9.39. The van der Waals surface area contributed by atoms with Crippen molar-refractivity contribution in [3.05, 3.63) is 35.4 Å². The minimum atomic E-state index is 0.312. The van der Waals surface area contributed by atoms with Gasteiger partial charge in [0, 0.05) is 5.56 Å². The van der Waals surface area contributed by atoms with E-state index in [-0.39, 0.29) is 0 Å². The number of hydrogen-bond acceptors (Lipinski definition) is 2. The molecule has 1 radical (unpaired) electrons. The molecule has 0 N–H and O–H groups in total. The summed E-state index contributed by atoms with van der Waals surface area (Å²) < 4.78 is 0. The van der Waals surface area contributed by atoms with Crippen LogP contribution in [0.3, 0.4) is 0 Å². The summed E-state index contributed by atoms with van der Waals surface area (Å²) in [4.78, 5) is 5.43. The number of aryl methyl sites for hydroxylation is 1. The fourth-order valence-corrected chi connectivity index (χ4v) is 1.95. The monoisotopic (exact) mass is 216 g/mol. The van der Waals surface area contributed by atoms with Gasteiger partial charge in [-0.05, 0) is 32.6 Å². The topological polar surface area (TPSA) is 21.6 Å². The Morgan fingerprint density at radius 1 is 1.12 bits per heavy atom. The summed E-state index contributed by atoms with van der Waals surface area (Å²) in [5, 5.41) is 3.94. The van der Waals surface area contributed by atoms with Crippen molar-refractivity contribution in [3.63, 3.8) is 0 Å². The van der Waals surface area contributed by atoms with Crippen LogP contribution in [0.25, 0.3) is 0 Å². The average molecular weight is 216 g/mol. The zero-order valence-electron chi connectivity index (χ0n) is 9.78. The lowest BCUT2D eigenvalue weighted by Crippen LogP contribution is -2.13. The van der Waals surface area contributed by atoms with Crippen molar-refractivity contribution in [2.75, 3.05) is 0 Å². The molecule has 0 unspecified atom stereocenters. The van der Waals surface area contributed by atoms with Gasteiger partial charge < -0.3 is 4.84 Å². The smallest absolute Gasteiger partial charge is 0.139 e. The first-order chi connectivity index (χ1) is 7.84. The van der Waals surface area contributed by atoms with Crippen molar-refractivity contribution in [2.24, 2.45) is 5.16 Å². The summed E-state index contributed by atoms with van der Waals surface area (Å²) >= 11 is 0. The third-order valence-corrected chi connectivity index (χ3v) is 2.98. The molecule has 2 heteroatoms. The number of rotatable bonds is 3. The standard InChI is InChI=1S/C14H18NO/c1-12-7-9-13(10-8-12)11-15-16-14-5-3-2-4-6-14/h7-10,14H,2-6H2,1H3. The van der Waals surface area contributed by atoms with Crippen molar-refractivity contribution in [1.82, 2.24) is 0 Å². The first-order valence-corrected chi connectivity index (χ1v) is 6.03. The van der Waals surface area contributed by atoms with E-state index < -0.39 is 0 Å². The highest BCUT2D eigenvalue weighted by atomic mass is 16.6. The second-order valence-corrected chi connectivity index (χ2v) is 4.43. The van der Waals surface area contributed by atoms with Crippen LogP contribution in [0, 0.1) is 6.92 Å². The average Bonchev–Trinajstić information content (AvgIpc) is 2.33. The molecule has 0 heterocycles. The molecular formula is C14H18NO. The van der Waals surface area contributed by atoms with Gasteiger partial charge in [-0.15, -0.1) is 0 Å². The lowest BCUT2D eigenvalue weighted by atomic mass is 9.98. The molecule has 2 rings (SSSR count). The van der Waals surface area contributed by atoms with Gasteiger partial charge in [-0.3, -0.25) is 0 Å². The quantitative estimate of drug-likeness (QED) is 0.559. The fraction of sp³-hybridized carbons (Fsp3) is 0.500. The van der Waals surface area contributed by atoms with Crippen molar-refractivity contribution >= 4 is 6.21 Å². The number of nitrogens with zero attached hydrogens (tertiary/aromatic N) is 1. The largest absolute Gasteiger partial charge is 0.392 e. The van der Waals surface area contributed by atoms with Gasteiger partial charge >= 0.3 is 0 Å². The maximum absolute atomic E-state index is 5.43. The molecule has 1 fully saturated rings. The third kappa shape index (κ3) is 3.37. The lowest BCUT2D eigenvalue weighted by Gasteiger charge is -2.18. The van der Waals surface area contributed by atoms with Gasteiger partial charge in [-0.25, -0.2) is 0 Å². The first kappa shape index (κ1) is 11.2. The molecular weight excluding hydrogens is 198 g/mol. The Kier molecular flexibility index (Phi) is 3.97. The van der Waals surface area contributed by atoms with Crippen LogP contribution in [0.4, 0.5) is 0 Å². The van der Waals surface area contributed by atoms with Crippen molar-refractivity contribution < 1.29 is 4.84 Å². The van der Waals surface area contributed by atoms with Crippen molar-refractivity contribution in [2.45, 2.75) is 45.1 Å². The summed E-state index contributed by atoms with van der Waals surface area (Å²) in [7, 11) is 0. The van der Waals surface area contributed by atoms with E-state index in [0.29, 0.717) is 6.10 Å². The van der Waals surface area contributed by atoms with Crippen LogP contribution in [0.2, 0.25) is 0 Å². The van der Waals surface area contributed by atoms with Gasteiger partial charge in [0.25, 0.3) is 0 Å². The highest BCUT2D eigenvalue weighted by Gasteiger charge is 2.13. The second kappa shape index (κ2) is 5.69. The number of hydrogen-bond donors (Lipinski definition) is 0. The Balaban J connectivity index is 1.82. The molecule has 2 nitrogen and oxygen atoms in total. The molecule has 0 bridgehead atoms. The lowest BCUT2D eigenvalue weighted by molar-refractivity contribution is 0.0340. The van der Waals surface area contributed by atoms with E-state index in [4.69, 9.17) is 4.84 Å². The summed E-state index contributed by atoms with van der Waals surface area (Å²) in [6.45, 7) is 2.07. The summed E-state index contributed by atoms with van der Waals surface area (Å²) in [5.74, 6) is 0. The third-order valence-electron chi connectivity index (χ3n) is 2.98. The van der Waals surface area contributed by atoms with Gasteiger partial charge in [0.2, 0.25) is 0 Å². The normalized spacial score (nSPS) is 17.8. The highest BCUT2D eigenvalue weighted by molar-refractivity contribution is 5.79. The van der Waals surface area contributed by atoms with E-state index in [0.717, 1.165) is 18.4 Å². The second-order valence-electron chi connectivity index (χ2n) is 4.43. The minimum Gasteiger partial charge on any atom is -0.392 e. The van der Waals surface area contributed by atoms with Crippen LogP contribution in [-0.4, -0.2) is 12.3 Å².